The number of thiazole rings is 1. The van der Waals surface area contributed by atoms with Crippen LogP contribution in [0.1, 0.15) is 34.0 Å². The zero-order valence-corrected chi connectivity index (χ0v) is 20.3. The lowest BCUT2D eigenvalue weighted by Crippen LogP contribution is -2.38. The first-order valence-electron chi connectivity index (χ1n) is 11.3. The lowest BCUT2D eigenvalue weighted by atomic mass is 9.85. The Kier molecular flexibility index (Phi) is 4.73. The molecule has 8 nitrogen and oxygen atoms in total. The Bertz CT molecular complexity index is 1780. The second-order valence-corrected chi connectivity index (χ2v) is 10.6. The predicted molar refractivity (Wildman–Crippen MR) is 136 cm³/mol. The van der Waals surface area contributed by atoms with Gasteiger partial charge < -0.3 is 9.47 Å². The summed E-state index contributed by atoms with van der Waals surface area (Å²) in [6.07, 6.45) is 3.27. The topological polar surface area (TPSA) is 96.0 Å². The lowest BCUT2D eigenvalue weighted by molar-refractivity contribution is -0.385. The average molecular weight is 516 g/mol. The molecule has 4 aromatic rings. The van der Waals surface area contributed by atoms with Crippen LogP contribution >= 0.6 is 22.7 Å². The van der Waals surface area contributed by atoms with Gasteiger partial charge in [0.25, 0.3) is 11.2 Å². The molecule has 0 saturated carbocycles. The normalized spacial score (nSPS) is 17.9. The van der Waals surface area contributed by atoms with Gasteiger partial charge in [0.15, 0.2) is 16.3 Å². The molecule has 178 valence electrons. The Labute approximate surface area is 211 Å². The summed E-state index contributed by atoms with van der Waals surface area (Å²) in [6.45, 7) is 0.00592. The van der Waals surface area contributed by atoms with Crippen molar-refractivity contribution < 1.29 is 14.4 Å². The zero-order valence-electron chi connectivity index (χ0n) is 18.7. The fourth-order valence-electron chi connectivity index (χ4n) is 5.08. The highest BCUT2D eigenvalue weighted by molar-refractivity contribution is 7.10. The fourth-order valence-corrected chi connectivity index (χ4v) is 6.92. The molecule has 36 heavy (non-hydrogen) atoms. The van der Waals surface area contributed by atoms with E-state index in [9.17, 15) is 14.9 Å². The van der Waals surface area contributed by atoms with Gasteiger partial charge in [0.1, 0.15) is 0 Å². The molecule has 0 bridgehead atoms. The van der Waals surface area contributed by atoms with Crippen molar-refractivity contribution >= 4 is 40.1 Å². The molecule has 2 aromatic heterocycles. The molecule has 0 fully saturated rings. The summed E-state index contributed by atoms with van der Waals surface area (Å²) in [5, 5.41) is 13.8. The number of rotatable bonds is 3. The van der Waals surface area contributed by atoms with E-state index in [4.69, 9.17) is 14.5 Å². The van der Waals surface area contributed by atoms with Crippen LogP contribution < -0.4 is 24.4 Å². The van der Waals surface area contributed by atoms with Crippen molar-refractivity contribution in [2.75, 3.05) is 6.79 Å². The number of aryl methyl sites for hydroxylation is 1. The number of hydrogen-bond donors (Lipinski definition) is 0. The molecule has 10 heteroatoms. The van der Waals surface area contributed by atoms with E-state index in [1.807, 2.05) is 29.6 Å². The van der Waals surface area contributed by atoms with Gasteiger partial charge in [-0.05, 0) is 47.6 Å². The Morgan fingerprint density at radius 2 is 1.94 bits per heavy atom. The van der Waals surface area contributed by atoms with Gasteiger partial charge in [0, 0.05) is 10.4 Å². The summed E-state index contributed by atoms with van der Waals surface area (Å²) < 4.78 is 12.8. The van der Waals surface area contributed by atoms with E-state index >= 15 is 0 Å². The van der Waals surface area contributed by atoms with Gasteiger partial charge in [-0.1, -0.05) is 41.7 Å². The van der Waals surface area contributed by atoms with Crippen LogP contribution in [0.3, 0.4) is 0 Å². The van der Waals surface area contributed by atoms with Crippen LogP contribution in [-0.2, 0) is 6.42 Å². The first-order chi connectivity index (χ1) is 17.6. The molecule has 0 unspecified atom stereocenters. The van der Waals surface area contributed by atoms with Crippen LogP contribution in [-0.4, -0.2) is 16.3 Å². The summed E-state index contributed by atoms with van der Waals surface area (Å²) in [5.41, 5.74) is 4.34. The number of benzene rings is 2. The zero-order chi connectivity index (χ0) is 24.4. The third-order valence-corrected chi connectivity index (χ3v) is 8.60. The summed E-state index contributed by atoms with van der Waals surface area (Å²) in [4.78, 5) is 31.7. The molecular formula is C26H17N3O5S2. The summed E-state index contributed by atoms with van der Waals surface area (Å²) >= 11 is 2.86. The minimum atomic E-state index is -0.477. The maximum atomic E-state index is 13.8. The van der Waals surface area contributed by atoms with E-state index in [0.29, 0.717) is 20.8 Å². The number of nitrogens with zero attached hydrogens (tertiary/aromatic N) is 3. The Hall–Kier alpha value is -4.02. The number of aromatic nitrogens is 1. The number of thiophene rings is 1. The van der Waals surface area contributed by atoms with Crippen molar-refractivity contribution in [3.63, 3.8) is 0 Å². The number of allylic oxidation sites excluding steroid dienone is 1. The van der Waals surface area contributed by atoms with Crippen LogP contribution in [0.5, 0.6) is 11.5 Å². The Balaban J connectivity index is 1.48. The second-order valence-electron chi connectivity index (χ2n) is 8.65. The highest BCUT2D eigenvalue weighted by Crippen LogP contribution is 2.42. The quantitative estimate of drug-likeness (QED) is 0.303. The highest BCUT2D eigenvalue weighted by atomic mass is 32.1. The van der Waals surface area contributed by atoms with Crippen molar-refractivity contribution in [2.24, 2.45) is 4.99 Å². The number of fused-ring (bicyclic) bond motifs is 4. The molecule has 0 N–H and O–H groups in total. The van der Waals surface area contributed by atoms with E-state index in [-0.39, 0.29) is 29.6 Å². The van der Waals surface area contributed by atoms with E-state index in [1.54, 1.807) is 28.0 Å². The van der Waals surface area contributed by atoms with Gasteiger partial charge in [-0.25, -0.2) is 4.99 Å². The first kappa shape index (κ1) is 21.3. The number of nitro benzene ring substituents is 1. The second kappa shape index (κ2) is 8.00. The van der Waals surface area contributed by atoms with Crippen molar-refractivity contribution in [2.45, 2.75) is 18.9 Å². The molecule has 4 heterocycles. The molecule has 0 radical (unpaired) electrons. The number of nitro groups is 1. The van der Waals surface area contributed by atoms with Crippen LogP contribution in [0.15, 0.2) is 69.3 Å². The van der Waals surface area contributed by atoms with Crippen molar-refractivity contribution in [3.05, 3.63) is 111 Å². The fraction of sp³-hybridized carbons (Fsp3) is 0.154. The SMILES string of the molecule is O=c1/c(=C\c2cc3c(cc2[N+](=O)[O-])OCO3)sc2n1[C@H](c1cccs1)C1=C(N=2)c2ccccc2CC1. The van der Waals surface area contributed by atoms with Gasteiger partial charge >= 0.3 is 0 Å². The highest BCUT2D eigenvalue weighted by Gasteiger charge is 2.33. The van der Waals surface area contributed by atoms with Gasteiger partial charge in [0.2, 0.25) is 6.79 Å². The third kappa shape index (κ3) is 3.18. The minimum Gasteiger partial charge on any atom is -0.454 e. The van der Waals surface area contributed by atoms with Crippen LogP contribution in [0.25, 0.3) is 11.8 Å². The van der Waals surface area contributed by atoms with E-state index in [1.165, 1.54) is 23.0 Å². The maximum Gasteiger partial charge on any atom is 0.280 e. The van der Waals surface area contributed by atoms with E-state index < -0.39 is 4.92 Å². The van der Waals surface area contributed by atoms with Crippen LogP contribution in [0, 0.1) is 10.1 Å². The van der Waals surface area contributed by atoms with Crippen molar-refractivity contribution in [1.29, 1.82) is 0 Å². The van der Waals surface area contributed by atoms with Crippen molar-refractivity contribution in [1.82, 2.24) is 4.57 Å². The lowest BCUT2D eigenvalue weighted by Gasteiger charge is -2.30. The Morgan fingerprint density at radius 1 is 1.11 bits per heavy atom. The van der Waals surface area contributed by atoms with Crippen molar-refractivity contribution in [3.8, 4) is 11.5 Å². The third-order valence-electron chi connectivity index (χ3n) is 6.69. The smallest absolute Gasteiger partial charge is 0.280 e. The first-order valence-corrected chi connectivity index (χ1v) is 13.0. The molecule has 0 spiro atoms. The number of hydrogen-bond acceptors (Lipinski definition) is 8. The van der Waals surface area contributed by atoms with Gasteiger partial charge in [-0.3, -0.25) is 19.5 Å². The standard InChI is InChI=1S/C26H17N3O5S2/c30-25-22(11-15-10-19-20(34-13-33-19)12-18(15)29(31)32)36-26-27-23-16-5-2-1-4-14(16)7-8-17(23)24(28(25)26)21-6-3-9-35-21/h1-6,9-12,24H,7-8,13H2/b22-11+/t24-/m0/s1. The van der Waals surface area contributed by atoms with Gasteiger partial charge in [-0.2, -0.15) is 0 Å². The molecule has 7 rings (SSSR count). The largest absolute Gasteiger partial charge is 0.454 e. The molecule has 2 aromatic carbocycles. The average Bonchev–Trinajstić information content (AvgIpc) is 3.63. The van der Waals surface area contributed by atoms with E-state index in [2.05, 4.69) is 12.1 Å². The monoisotopic (exact) mass is 515 g/mol. The van der Waals surface area contributed by atoms with E-state index in [0.717, 1.165) is 34.6 Å². The maximum absolute atomic E-state index is 13.8. The summed E-state index contributed by atoms with van der Waals surface area (Å²) in [6, 6.07) is 14.9. The molecule has 1 aliphatic carbocycles. The summed E-state index contributed by atoms with van der Waals surface area (Å²) in [7, 11) is 0. The van der Waals surface area contributed by atoms with Crippen LogP contribution in [0.2, 0.25) is 0 Å². The molecule has 0 amide bonds. The number of ether oxygens (including phenoxy) is 2. The molecule has 1 atom stereocenters. The molecule has 0 saturated heterocycles. The molecule has 3 aliphatic rings. The van der Waals surface area contributed by atoms with Crippen LogP contribution in [0.4, 0.5) is 5.69 Å². The molecular weight excluding hydrogens is 498 g/mol. The molecule has 2 aliphatic heterocycles. The van der Waals surface area contributed by atoms with Gasteiger partial charge in [-0.15, -0.1) is 11.3 Å². The minimum absolute atomic E-state index is 0.00592. The predicted octanol–water partition coefficient (Wildman–Crippen LogP) is 4.02. The summed E-state index contributed by atoms with van der Waals surface area (Å²) in [5.74, 6) is 0.743. The van der Waals surface area contributed by atoms with Gasteiger partial charge in [0.05, 0.1) is 32.8 Å². The Morgan fingerprint density at radius 3 is 2.75 bits per heavy atom.